The van der Waals surface area contributed by atoms with E-state index in [1.807, 2.05) is 25.1 Å². The quantitative estimate of drug-likeness (QED) is 0.715. The molecular formula is C21H18F3NO3S. The second-order valence-electron chi connectivity index (χ2n) is 7.14. The Morgan fingerprint density at radius 3 is 2.90 bits per heavy atom. The number of fused-ring (bicyclic) bond motifs is 1. The number of alkyl halides is 3. The van der Waals surface area contributed by atoms with Gasteiger partial charge in [0.05, 0.1) is 15.6 Å². The van der Waals surface area contributed by atoms with E-state index in [9.17, 15) is 23.1 Å². The minimum atomic E-state index is -4.29. The summed E-state index contributed by atoms with van der Waals surface area (Å²) in [5.74, 6) is -1.03. The molecule has 29 heavy (non-hydrogen) atoms. The van der Waals surface area contributed by atoms with E-state index >= 15 is 0 Å². The van der Waals surface area contributed by atoms with Crippen LogP contribution in [0.2, 0.25) is 0 Å². The molecule has 1 aromatic heterocycles. The van der Waals surface area contributed by atoms with Crippen LogP contribution in [0.4, 0.5) is 13.2 Å². The lowest BCUT2D eigenvalue weighted by molar-refractivity contribution is -0.139. The number of aliphatic carboxylic acids is 1. The number of halogens is 3. The highest BCUT2D eigenvalue weighted by molar-refractivity contribution is 7.15. The van der Waals surface area contributed by atoms with Crippen LogP contribution < -0.4 is 4.74 Å². The van der Waals surface area contributed by atoms with Crippen molar-refractivity contribution in [1.82, 2.24) is 4.98 Å². The van der Waals surface area contributed by atoms with Gasteiger partial charge in [0.15, 0.2) is 0 Å². The maximum Gasteiger partial charge on any atom is 0.412 e. The van der Waals surface area contributed by atoms with Crippen LogP contribution >= 0.6 is 11.3 Å². The average molecular weight is 421 g/mol. The van der Waals surface area contributed by atoms with E-state index in [1.165, 1.54) is 17.4 Å². The molecule has 0 amide bonds. The Labute approximate surface area is 169 Å². The van der Waals surface area contributed by atoms with E-state index in [2.05, 4.69) is 4.98 Å². The zero-order valence-electron chi connectivity index (χ0n) is 15.5. The second-order valence-corrected chi connectivity index (χ2v) is 8.22. The van der Waals surface area contributed by atoms with Crippen LogP contribution in [0.15, 0.2) is 41.5 Å². The van der Waals surface area contributed by atoms with Crippen LogP contribution in [0, 0.1) is 6.92 Å². The molecule has 4 rings (SSSR count). The lowest BCUT2D eigenvalue weighted by Crippen LogP contribution is -2.14. The van der Waals surface area contributed by atoms with Crippen molar-refractivity contribution < 1.29 is 27.8 Å². The molecule has 2 aromatic rings. The minimum Gasteiger partial charge on any atom is -0.492 e. The normalized spacial score (nSPS) is 18.7. The predicted octanol–water partition coefficient (Wildman–Crippen LogP) is 5.43. The predicted molar refractivity (Wildman–Crippen MR) is 103 cm³/mol. The Balaban J connectivity index is 1.57. The molecule has 1 atom stereocenters. The minimum absolute atomic E-state index is 0.0155. The van der Waals surface area contributed by atoms with E-state index in [0.717, 1.165) is 21.1 Å². The number of nitrogens with zero attached hydrogens (tertiary/aromatic N) is 1. The second kappa shape index (κ2) is 7.33. The fourth-order valence-corrected chi connectivity index (χ4v) is 4.74. The molecule has 0 saturated carbocycles. The molecule has 0 spiro atoms. The summed E-state index contributed by atoms with van der Waals surface area (Å²) in [6, 6.07) is 5.41. The third-order valence-corrected chi connectivity index (χ3v) is 6.30. The fourth-order valence-electron chi connectivity index (χ4n) is 3.64. The van der Waals surface area contributed by atoms with E-state index in [-0.39, 0.29) is 13.0 Å². The maximum atomic E-state index is 13.0. The summed E-state index contributed by atoms with van der Waals surface area (Å²) in [4.78, 5) is 16.7. The number of benzene rings is 1. The highest BCUT2D eigenvalue weighted by Crippen LogP contribution is 2.40. The number of hydrogen-bond acceptors (Lipinski definition) is 4. The molecule has 1 unspecified atom stereocenters. The summed E-state index contributed by atoms with van der Waals surface area (Å²) in [5, 5.41) is 9.99. The number of thiazole rings is 1. The van der Waals surface area contributed by atoms with Gasteiger partial charge in [-0.15, -0.1) is 11.3 Å². The number of allylic oxidation sites excluding steroid dienone is 4. The van der Waals surface area contributed by atoms with Crippen LogP contribution in [-0.2, 0) is 11.2 Å². The third kappa shape index (κ3) is 3.94. The van der Waals surface area contributed by atoms with Crippen molar-refractivity contribution in [3.05, 3.63) is 57.8 Å². The highest BCUT2D eigenvalue weighted by Gasteiger charge is 2.34. The molecule has 0 bridgehead atoms. The number of aryl methyl sites for hydroxylation is 1. The topological polar surface area (TPSA) is 59.4 Å². The summed E-state index contributed by atoms with van der Waals surface area (Å²) in [6.45, 7) is 1.97. The molecule has 1 aromatic carbocycles. The standard InChI is InChI=1S/C21H18F3NO3S/c1-11-19(13-5-6-15-16(20(26)27)10-28-17(15)9-13)29-18(25-11)8-12-3-2-4-14(7-12)21(22,23)24/h3,5-7,9,16H,2,4,8,10H2,1H3,(H,26,27). The van der Waals surface area contributed by atoms with Crippen LogP contribution in [0.1, 0.15) is 35.0 Å². The molecule has 4 nitrogen and oxygen atoms in total. The van der Waals surface area contributed by atoms with Crippen LogP contribution in [0.25, 0.3) is 10.4 Å². The van der Waals surface area contributed by atoms with E-state index < -0.39 is 23.6 Å². The van der Waals surface area contributed by atoms with E-state index in [0.29, 0.717) is 29.7 Å². The number of carboxylic acids is 1. The molecule has 152 valence electrons. The zero-order chi connectivity index (χ0) is 20.8. The highest BCUT2D eigenvalue weighted by atomic mass is 32.1. The Bertz CT molecular complexity index is 1040. The number of rotatable bonds is 4. The summed E-state index contributed by atoms with van der Waals surface area (Å²) < 4.78 is 44.4. The smallest absolute Gasteiger partial charge is 0.412 e. The van der Waals surface area contributed by atoms with Gasteiger partial charge < -0.3 is 9.84 Å². The van der Waals surface area contributed by atoms with Crippen molar-refractivity contribution in [2.75, 3.05) is 6.61 Å². The van der Waals surface area contributed by atoms with Gasteiger partial charge in [-0.2, -0.15) is 13.2 Å². The zero-order valence-corrected chi connectivity index (χ0v) is 16.4. The Morgan fingerprint density at radius 2 is 2.17 bits per heavy atom. The molecule has 2 aliphatic rings. The van der Waals surface area contributed by atoms with Gasteiger partial charge in [-0.05, 0) is 37.0 Å². The van der Waals surface area contributed by atoms with Gasteiger partial charge in [0.1, 0.15) is 18.3 Å². The van der Waals surface area contributed by atoms with Crippen LogP contribution in [-0.4, -0.2) is 28.8 Å². The monoisotopic (exact) mass is 421 g/mol. The lowest BCUT2D eigenvalue weighted by atomic mass is 9.97. The average Bonchev–Trinajstić information content (AvgIpc) is 3.24. The SMILES string of the molecule is Cc1nc(CC2=CCCC(C(F)(F)F)=C2)sc1-c1ccc2c(c1)OCC2C(=O)O. The van der Waals surface area contributed by atoms with Gasteiger partial charge in [0, 0.05) is 17.6 Å². The number of hydrogen-bond donors (Lipinski definition) is 1. The maximum absolute atomic E-state index is 13.0. The first-order valence-corrected chi connectivity index (χ1v) is 9.97. The van der Waals surface area contributed by atoms with Crippen molar-refractivity contribution in [2.24, 2.45) is 0 Å². The van der Waals surface area contributed by atoms with Crippen molar-refractivity contribution >= 4 is 17.3 Å². The number of carbonyl (C=O) groups is 1. The van der Waals surface area contributed by atoms with Gasteiger partial charge in [0.2, 0.25) is 0 Å². The third-order valence-electron chi connectivity index (χ3n) is 5.09. The first-order valence-electron chi connectivity index (χ1n) is 9.15. The van der Waals surface area contributed by atoms with Crippen molar-refractivity contribution in [3.8, 4) is 16.2 Å². The summed E-state index contributed by atoms with van der Waals surface area (Å²) in [7, 11) is 0. The van der Waals surface area contributed by atoms with Crippen LogP contribution in [0.3, 0.4) is 0 Å². The molecule has 0 fully saturated rings. The molecule has 2 heterocycles. The molecule has 0 radical (unpaired) electrons. The number of aromatic nitrogens is 1. The molecule has 1 aliphatic heterocycles. The molecule has 1 aliphatic carbocycles. The first-order chi connectivity index (χ1) is 13.7. The summed E-state index contributed by atoms with van der Waals surface area (Å²) >= 11 is 1.43. The number of ether oxygens (including phenoxy) is 1. The Hall–Kier alpha value is -2.61. The van der Waals surface area contributed by atoms with Crippen molar-refractivity contribution in [1.29, 1.82) is 0 Å². The fraction of sp³-hybridized carbons (Fsp3) is 0.333. The molecular weight excluding hydrogens is 403 g/mol. The van der Waals surface area contributed by atoms with Crippen molar-refractivity contribution in [3.63, 3.8) is 0 Å². The number of carboxylic acid groups (broad SMARTS) is 1. The summed E-state index contributed by atoms with van der Waals surface area (Å²) in [5.41, 5.74) is 2.44. The van der Waals surface area contributed by atoms with E-state index in [4.69, 9.17) is 4.74 Å². The van der Waals surface area contributed by atoms with Gasteiger partial charge in [-0.25, -0.2) is 4.98 Å². The van der Waals surface area contributed by atoms with Gasteiger partial charge in [0.25, 0.3) is 0 Å². The Morgan fingerprint density at radius 1 is 1.38 bits per heavy atom. The van der Waals surface area contributed by atoms with Gasteiger partial charge >= 0.3 is 12.1 Å². The summed E-state index contributed by atoms with van der Waals surface area (Å²) in [6.07, 6.45) is -0.474. The van der Waals surface area contributed by atoms with Gasteiger partial charge in [-0.3, -0.25) is 4.79 Å². The largest absolute Gasteiger partial charge is 0.492 e. The van der Waals surface area contributed by atoms with Gasteiger partial charge in [-0.1, -0.05) is 24.3 Å². The first kappa shape index (κ1) is 19.7. The van der Waals surface area contributed by atoms with E-state index in [1.54, 1.807) is 6.07 Å². The molecule has 0 saturated heterocycles. The Kier molecular flexibility index (Phi) is 4.98. The van der Waals surface area contributed by atoms with Crippen LogP contribution in [0.5, 0.6) is 5.75 Å². The van der Waals surface area contributed by atoms with Crippen molar-refractivity contribution in [2.45, 2.75) is 38.3 Å². The molecule has 1 N–H and O–H groups in total. The lowest BCUT2D eigenvalue weighted by Gasteiger charge is -2.15. The molecule has 8 heteroatoms.